The van der Waals surface area contributed by atoms with E-state index in [0.29, 0.717) is 11.6 Å². The second-order valence-corrected chi connectivity index (χ2v) is 3.92. The molecule has 4 N–H and O–H groups in total. The van der Waals surface area contributed by atoms with Gasteiger partial charge < -0.3 is 11.5 Å². The summed E-state index contributed by atoms with van der Waals surface area (Å²) in [6, 6.07) is 6.86. The summed E-state index contributed by atoms with van der Waals surface area (Å²) >= 11 is 5.92. The lowest BCUT2D eigenvalue weighted by Gasteiger charge is -2.08. The maximum atomic E-state index is 11.0. The fraction of sp³-hybridized carbons (Fsp3) is 0.0909. The van der Waals surface area contributed by atoms with Gasteiger partial charge >= 0.3 is 0 Å². The molecule has 6 heteroatoms. The Balaban J connectivity index is 2.51. The Morgan fingerprint density at radius 3 is 2.76 bits per heavy atom. The molecule has 0 bridgehead atoms. The molecule has 0 saturated carbocycles. The molecule has 2 rings (SSSR count). The lowest BCUT2D eigenvalue weighted by atomic mass is 10.2. The van der Waals surface area contributed by atoms with Gasteiger partial charge in [-0.05, 0) is 23.8 Å². The number of halogens is 1. The third-order valence-electron chi connectivity index (χ3n) is 2.36. The molecule has 88 valence electrons. The van der Waals surface area contributed by atoms with Crippen molar-refractivity contribution >= 4 is 17.5 Å². The molecule has 1 aromatic heterocycles. The van der Waals surface area contributed by atoms with Crippen molar-refractivity contribution in [1.82, 2.24) is 9.78 Å². The van der Waals surface area contributed by atoms with Gasteiger partial charge in [0, 0.05) is 17.8 Å². The largest absolute Gasteiger partial charge is 0.364 e. The molecule has 0 radical (unpaired) electrons. The lowest BCUT2D eigenvalue weighted by molar-refractivity contribution is 0.0995. The zero-order valence-electron chi connectivity index (χ0n) is 8.93. The highest BCUT2D eigenvalue weighted by atomic mass is 35.5. The minimum absolute atomic E-state index is 0.202. The topological polar surface area (TPSA) is 86.9 Å². The maximum absolute atomic E-state index is 11.0. The predicted octanol–water partition coefficient (Wildman–Crippen LogP) is 1.08. The van der Waals surface area contributed by atoms with Crippen molar-refractivity contribution in [3.05, 3.63) is 46.7 Å². The van der Waals surface area contributed by atoms with Gasteiger partial charge in [-0.2, -0.15) is 5.10 Å². The first-order valence-corrected chi connectivity index (χ1v) is 5.34. The Kier molecular flexibility index (Phi) is 3.12. The van der Waals surface area contributed by atoms with Crippen molar-refractivity contribution in [2.75, 3.05) is 0 Å². The number of nitrogens with zero attached hydrogens (tertiary/aromatic N) is 2. The minimum Gasteiger partial charge on any atom is -0.364 e. The van der Waals surface area contributed by atoms with Crippen LogP contribution in [0.15, 0.2) is 30.5 Å². The van der Waals surface area contributed by atoms with Crippen LogP contribution >= 0.6 is 11.6 Å². The normalized spacial score (nSPS) is 10.5. The molecule has 0 atom stereocenters. The van der Waals surface area contributed by atoms with E-state index in [4.69, 9.17) is 23.1 Å². The van der Waals surface area contributed by atoms with E-state index in [1.165, 1.54) is 4.68 Å². The van der Waals surface area contributed by atoms with Gasteiger partial charge in [0.2, 0.25) is 0 Å². The average Bonchev–Trinajstić information content (AvgIpc) is 2.78. The molecule has 2 aromatic rings. The smallest absolute Gasteiger partial charge is 0.269 e. The summed E-state index contributed by atoms with van der Waals surface area (Å²) in [4.78, 5) is 11.0. The molecule has 1 heterocycles. The van der Waals surface area contributed by atoms with Gasteiger partial charge in [0.05, 0.1) is 5.69 Å². The van der Waals surface area contributed by atoms with Crippen LogP contribution in [-0.4, -0.2) is 15.7 Å². The van der Waals surface area contributed by atoms with Gasteiger partial charge in [-0.3, -0.25) is 4.79 Å². The van der Waals surface area contributed by atoms with E-state index in [1.54, 1.807) is 24.4 Å². The van der Waals surface area contributed by atoms with Crippen LogP contribution in [0.4, 0.5) is 0 Å². The summed E-state index contributed by atoms with van der Waals surface area (Å²) in [6.07, 6.45) is 1.64. The van der Waals surface area contributed by atoms with Crippen molar-refractivity contribution in [2.24, 2.45) is 11.5 Å². The van der Waals surface area contributed by atoms with Crippen LogP contribution in [0.25, 0.3) is 5.69 Å². The van der Waals surface area contributed by atoms with Crippen LogP contribution in [0.5, 0.6) is 0 Å². The standard InChI is InChI=1S/C11H11ClN4O/c12-8-2-1-7(6-13)10(5-8)16-4-3-9(15-16)11(14)17/h1-5H,6,13H2,(H2,14,17). The first kappa shape index (κ1) is 11.6. The van der Waals surface area contributed by atoms with Crippen LogP contribution in [0.1, 0.15) is 16.1 Å². The molecule has 0 fully saturated rings. The summed E-state index contributed by atoms with van der Waals surface area (Å²) in [5, 5.41) is 4.63. The van der Waals surface area contributed by atoms with E-state index in [2.05, 4.69) is 5.10 Å². The van der Waals surface area contributed by atoms with Gasteiger partial charge in [0.25, 0.3) is 5.91 Å². The molecular formula is C11H11ClN4O. The summed E-state index contributed by atoms with van der Waals surface area (Å²) in [5.74, 6) is -0.569. The summed E-state index contributed by atoms with van der Waals surface area (Å²) in [7, 11) is 0. The molecule has 0 unspecified atom stereocenters. The monoisotopic (exact) mass is 250 g/mol. The predicted molar refractivity (Wildman–Crippen MR) is 65.0 cm³/mol. The number of aromatic nitrogens is 2. The highest BCUT2D eigenvalue weighted by Crippen LogP contribution is 2.19. The number of hydrogen-bond donors (Lipinski definition) is 2. The number of benzene rings is 1. The number of rotatable bonds is 3. The van der Waals surface area contributed by atoms with Crippen molar-refractivity contribution in [3.8, 4) is 5.69 Å². The Morgan fingerprint density at radius 1 is 1.41 bits per heavy atom. The first-order chi connectivity index (χ1) is 8.11. The number of carbonyl (C=O) groups is 1. The third-order valence-corrected chi connectivity index (χ3v) is 2.59. The zero-order chi connectivity index (χ0) is 12.4. The number of primary amides is 1. The molecule has 0 spiro atoms. The first-order valence-electron chi connectivity index (χ1n) is 4.96. The fourth-order valence-corrected chi connectivity index (χ4v) is 1.68. The lowest BCUT2D eigenvalue weighted by Crippen LogP contribution is -2.12. The van der Waals surface area contributed by atoms with Gasteiger partial charge in [0.1, 0.15) is 5.69 Å². The molecule has 17 heavy (non-hydrogen) atoms. The second kappa shape index (κ2) is 4.57. The molecule has 1 amide bonds. The third kappa shape index (κ3) is 2.30. The Hall–Kier alpha value is -1.85. The van der Waals surface area contributed by atoms with Crippen LogP contribution in [0, 0.1) is 0 Å². The summed E-state index contributed by atoms with van der Waals surface area (Å²) in [6.45, 7) is 0.359. The molecule has 1 aromatic carbocycles. The Morgan fingerprint density at radius 2 is 2.18 bits per heavy atom. The van der Waals surface area contributed by atoms with E-state index in [0.717, 1.165) is 11.3 Å². The molecule has 0 aliphatic heterocycles. The van der Waals surface area contributed by atoms with Crippen LogP contribution in [0.2, 0.25) is 5.02 Å². The van der Waals surface area contributed by atoms with E-state index in [1.807, 2.05) is 6.07 Å². The van der Waals surface area contributed by atoms with Gasteiger partial charge in [-0.25, -0.2) is 4.68 Å². The minimum atomic E-state index is -0.569. The fourth-order valence-electron chi connectivity index (χ4n) is 1.51. The molecule has 0 saturated heterocycles. The van der Waals surface area contributed by atoms with E-state index < -0.39 is 5.91 Å². The van der Waals surface area contributed by atoms with E-state index in [9.17, 15) is 4.79 Å². The SMILES string of the molecule is NCc1ccc(Cl)cc1-n1ccc(C(N)=O)n1. The quantitative estimate of drug-likeness (QED) is 0.855. The Bertz CT molecular complexity index is 564. The Labute approximate surface area is 103 Å². The summed E-state index contributed by atoms with van der Waals surface area (Å²) in [5.41, 5.74) is 12.6. The molecule has 0 aliphatic carbocycles. The molecule has 5 nitrogen and oxygen atoms in total. The van der Waals surface area contributed by atoms with Gasteiger partial charge in [-0.1, -0.05) is 17.7 Å². The van der Waals surface area contributed by atoms with Gasteiger partial charge in [0.15, 0.2) is 0 Å². The molecule has 0 aliphatic rings. The van der Waals surface area contributed by atoms with E-state index in [-0.39, 0.29) is 5.69 Å². The number of nitrogens with two attached hydrogens (primary N) is 2. The van der Waals surface area contributed by atoms with Crippen molar-refractivity contribution in [2.45, 2.75) is 6.54 Å². The van der Waals surface area contributed by atoms with Crippen molar-refractivity contribution < 1.29 is 4.79 Å². The van der Waals surface area contributed by atoms with Crippen LogP contribution in [-0.2, 0) is 6.54 Å². The van der Waals surface area contributed by atoms with Crippen LogP contribution in [0.3, 0.4) is 0 Å². The van der Waals surface area contributed by atoms with Crippen molar-refractivity contribution in [1.29, 1.82) is 0 Å². The maximum Gasteiger partial charge on any atom is 0.269 e. The number of amides is 1. The average molecular weight is 251 g/mol. The number of carbonyl (C=O) groups excluding carboxylic acids is 1. The highest BCUT2D eigenvalue weighted by Gasteiger charge is 2.09. The zero-order valence-corrected chi connectivity index (χ0v) is 9.69. The van der Waals surface area contributed by atoms with Gasteiger partial charge in [-0.15, -0.1) is 0 Å². The second-order valence-electron chi connectivity index (χ2n) is 3.49. The van der Waals surface area contributed by atoms with E-state index >= 15 is 0 Å². The van der Waals surface area contributed by atoms with Crippen LogP contribution < -0.4 is 11.5 Å². The van der Waals surface area contributed by atoms with Crippen molar-refractivity contribution in [3.63, 3.8) is 0 Å². The number of hydrogen-bond acceptors (Lipinski definition) is 3. The highest BCUT2D eigenvalue weighted by molar-refractivity contribution is 6.30. The molecular weight excluding hydrogens is 240 g/mol. The summed E-state index contributed by atoms with van der Waals surface area (Å²) < 4.78 is 1.54.